The number of nitrogens with zero attached hydrogens (tertiary/aromatic N) is 1. The predicted octanol–water partition coefficient (Wildman–Crippen LogP) is 0.853. The molecule has 0 fully saturated rings. The summed E-state index contributed by atoms with van der Waals surface area (Å²) < 4.78 is 0. The lowest BCUT2D eigenvalue weighted by atomic mass is 10.1. The van der Waals surface area contributed by atoms with Crippen LogP contribution in [-0.2, 0) is 0 Å². The van der Waals surface area contributed by atoms with Crippen LogP contribution in [0.1, 0.15) is 20.3 Å². The maximum absolute atomic E-state index is 8.91. The standard InChI is InChI=1S/C6H13NO2/c1-5(2)3-6(8)4-7-9/h4-6,8-9H,3H2,1-2H3/b7-4-/t6-/m1/s1. The molecule has 0 aromatic rings. The zero-order valence-electron chi connectivity index (χ0n) is 5.78. The van der Waals surface area contributed by atoms with E-state index >= 15 is 0 Å². The van der Waals surface area contributed by atoms with Crippen molar-refractivity contribution in [2.24, 2.45) is 11.1 Å². The van der Waals surface area contributed by atoms with E-state index in [0.29, 0.717) is 12.3 Å². The second-order valence-corrected chi connectivity index (χ2v) is 2.46. The molecule has 0 amide bonds. The van der Waals surface area contributed by atoms with E-state index in [1.165, 1.54) is 0 Å². The van der Waals surface area contributed by atoms with Gasteiger partial charge in [0.05, 0.1) is 12.3 Å². The van der Waals surface area contributed by atoms with Gasteiger partial charge in [0.25, 0.3) is 0 Å². The summed E-state index contributed by atoms with van der Waals surface area (Å²) in [6.45, 7) is 3.99. The molecule has 0 bridgehead atoms. The first-order valence-electron chi connectivity index (χ1n) is 3.02. The Hall–Kier alpha value is -0.570. The lowest BCUT2D eigenvalue weighted by molar-refractivity contribution is 0.210. The largest absolute Gasteiger partial charge is 0.411 e. The van der Waals surface area contributed by atoms with Crippen LogP contribution in [-0.4, -0.2) is 22.6 Å². The molecular formula is C6H13NO2. The molecule has 0 aromatic heterocycles. The molecule has 0 rings (SSSR count). The van der Waals surface area contributed by atoms with E-state index in [9.17, 15) is 0 Å². The highest BCUT2D eigenvalue weighted by Crippen LogP contribution is 2.01. The molecule has 0 aromatic carbocycles. The number of rotatable bonds is 3. The van der Waals surface area contributed by atoms with Crippen LogP contribution in [0.4, 0.5) is 0 Å². The Morgan fingerprint density at radius 1 is 1.56 bits per heavy atom. The zero-order valence-corrected chi connectivity index (χ0v) is 5.78. The van der Waals surface area contributed by atoms with Crippen molar-refractivity contribution in [2.45, 2.75) is 26.4 Å². The summed E-state index contributed by atoms with van der Waals surface area (Å²) in [6.07, 6.45) is 1.17. The van der Waals surface area contributed by atoms with Gasteiger partial charge < -0.3 is 10.3 Å². The average Bonchev–Trinajstić information content (AvgIpc) is 1.63. The number of hydrogen-bond donors (Lipinski definition) is 2. The summed E-state index contributed by atoms with van der Waals surface area (Å²) in [5.41, 5.74) is 0. The van der Waals surface area contributed by atoms with Crippen LogP contribution in [0.2, 0.25) is 0 Å². The van der Waals surface area contributed by atoms with Gasteiger partial charge in [0.2, 0.25) is 0 Å². The van der Waals surface area contributed by atoms with Gasteiger partial charge in [0, 0.05) is 0 Å². The highest BCUT2D eigenvalue weighted by molar-refractivity contribution is 5.61. The predicted molar refractivity (Wildman–Crippen MR) is 35.7 cm³/mol. The average molecular weight is 131 g/mol. The van der Waals surface area contributed by atoms with Crippen LogP contribution in [0.3, 0.4) is 0 Å². The molecule has 0 unspecified atom stereocenters. The molecule has 9 heavy (non-hydrogen) atoms. The SMILES string of the molecule is CC(C)C[C@@H](O)/C=N\O. The summed E-state index contributed by atoms with van der Waals surface area (Å²) in [7, 11) is 0. The molecule has 0 aliphatic heterocycles. The molecule has 0 saturated carbocycles. The third-order valence-electron chi connectivity index (χ3n) is 0.952. The maximum Gasteiger partial charge on any atom is 0.0926 e. The normalized spacial score (nSPS) is 15.1. The van der Waals surface area contributed by atoms with Gasteiger partial charge in [0.1, 0.15) is 0 Å². The van der Waals surface area contributed by atoms with Crippen LogP contribution in [0.25, 0.3) is 0 Å². The molecule has 1 atom stereocenters. The number of hydrogen-bond acceptors (Lipinski definition) is 3. The highest BCUT2D eigenvalue weighted by atomic mass is 16.4. The second kappa shape index (κ2) is 4.32. The quantitative estimate of drug-likeness (QED) is 0.339. The minimum absolute atomic E-state index is 0.429. The fourth-order valence-electron chi connectivity index (χ4n) is 0.621. The minimum atomic E-state index is -0.602. The summed E-state index contributed by atoms with van der Waals surface area (Å²) in [5.74, 6) is 0.429. The molecule has 0 aliphatic carbocycles. The Labute approximate surface area is 55.0 Å². The molecule has 0 saturated heterocycles. The number of oxime groups is 1. The van der Waals surface area contributed by atoms with Crippen LogP contribution >= 0.6 is 0 Å². The molecule has 3 nitrogen and oxygen atoms in total. The Kier molecular flexibility index (Phi) is 4.05. The van der Waals surface area contributed by atoms with Gasteiger partial charge in [-0.15, -0.1) is 0 Å². The van der Waals surface area contributed by atoms with E-state index in [-0.39, 0.29) is 0 Å². The Bertz CT molecular complexity index is 91.1. The summed E-state index contributed by atoms with van der Waals surface area (Å²) >= 11 is 0. The van der Waals surface area contributed by atoms with E-state index in [2.05, 4.69) is 5.16 Å². The highest BCUT2D eigenvalue weighted by Gasteiger charge is 2.02. The van der Waals surface area contributed by atoms with Crippen LogP contribution in [0, 0.1) is 5.92 Å². The van der Waals surface area contributed by atoms with Crippen molar-refractivity contribution >= 4 is 6.21 Å². The fourth-order valence-corrected chi connectivity index (χ4v) is 0.621. The number of aliphatic hydroxyl groups excluding tert-OH is 1. The minimum Gasteiger partial charge on any atom is -0.411 e. The monoisotopic (exact) mass is 131 g/mol. The van der Waals surface area contributed by atoms with Gasteiger partial charge in [0.15, 0.2) is 0 Å². The van der Waals surface area contributed by atoms with Gasteiger partial charge in [-0.05, 0) is 12.3 Å². The Morgan fingerprint density at radius 2 is 2.11 bits per heavy atom. The van der Waals surface area contributed by atoms with Crippen molar-refractivity contribution in [2.75, 3.05) is 0 Å². The van der Waals surface area contributed by atoms with Crippen LogP contribution in [0.15, 0.2) is 5.16 Å². The van der Waals surface area contributed by atoms with E-state index in [0.717, 1.165) is 6.21 Å². The first-order chi connectivity index (χ1) is 4.16. The maximum atomic E-state index is 8.91. The lowest BCUT2D eigenvalue weighted by Gasteiger charge is -2.05. The third kappa shape index (κ3) is 5.30. The first-order valence-corrected chi connectivity index (χ1v) is 3.02. The van der Waals surface area contributed by atoms with Crippen LogP contribution < -0.4 is 0 Å². The van der Waals surface area contributed by atoms with Crippen molar-refractivity contribution in [3.63, 3.8) is 0 Å². The van der Waals surface area contributed by atoms with E-state index in [1.54, 1.807) is 0 Å². The molecule has 54 valence electrons. The Morgan fingerprint density at radius 3 is 2.44 bits per heavy atom. The molecule has 0 radical (unpaired) electrons. The van der Waals surface area contributed by atoms with Crippen molar-refractivity contribution in [1.82, 2.24) is 0 Å². The molecule has 2 N–H and O–H groups in total. The summed E-state index contributed by atoms with van der Waals surface area (Å²) in [5, 5.41) is 19.6. The van der Waals surface area contributed by atoms with Gasteiger partial charge >= 0.3 is 0 Å². The molecule has 0 aliphatic rings. The second-order valence-electron chi connectivity index (χ2n) is 2.46. The topological polar surface area (TPSA) is 52.8 Å². The Balaban J connectivity index is 3.38. The van der Waals surface area contributed by atoms with E-state index < -0.39 is 6.10 Å². The summed E-state index contributed by atoms with van der Waals surface area (Å²) in [4.78, 5) is 0. The van der Waals surface area contributed by atoms with Gasteiger partial charge in [-0.3, -0.25) is 0 Å². The molecule has 3 heteroatoms. The van der Waals surface area contributed by atoms with Crippen molar-refractivity contribution in [1.29, 1.82) is 0 Å². The smallest absolute Gasteiger partial charge is 0.0926 e. The van der Waals surface area contributed by atoms with Gasteiger partial charge in [-0.2, -0.15) is 0 Å². The molecule has 0 spiro atoms. The van der Waals surface area contributed by atoms with Crippen molar-refractivity contribution in [3.8, 4) is 0 Å². The third-order valence-corrected chi connectivity index (χ3v) is 0.952. The van der Waals surface area contributed by atoms with Crippen molar-refractivity contribution in [3.05, 3.63) is 0 Å². The molecule has 0 heterocycles. The molecular weight excluding hydrogens is 118 g/mol. The van der Waals surface area contributed by atoms with Gasteiger partial charge in [-0.25, -0.2) is 0 Å². The summed E-state index contributed by atoms with van der Waals surface area (Å²) in [6, 6.07) is 0. The van der Waals surface area contributed by atoms with Gasteiger partial charge in [-0.1, -0.05) is 19.0 Å². The van der Waals surface area contributed by atoms with E-state index in [4.69, 9.17) is 10.3 Å². The van der Waals surface area contributed by atoms with Crippen LogP contribution in [0.5, 0.6) is 0 Å². The fraction of sp³-hybridized carbons (Fsp3) is 0.833. The lowest BCUT2D eigenvalue weighted by Crippen LogP contribution is -2.10. The zero-order chi connectivity index (χ0) is 7.28. The van der Waals surface area contributed by atoms with Crippen molar-refractivity contribution < 1.29 is 10.3 Å². The van der Waals surface area contributed by atoms with E-state index in [1.807, 2.05) is 13.8 Å². The first kappa shape index (κ1) is 8.43. The number of aliphatic hydroxyl groups is 1.